The number of carbonyl (C=O) groups excluding carboxylic acids is 1. The summed E-state index contributed by atoms with van der Waals surface area (Å²) in [6.07, 6.45) is -1.05. The number of likely N-dealkylation sites (tertiary alicyclic amines) is 1. The van der Waals surface area contributed by atoms with Crippen molar-refractivity contribution in [1.82, 2.24) is 24.6 Å². The number of nitrogens with one attached hydrogen (secondary N) is 1. The third-order valence-corrected chi connectivity index (χ3v) is 8.72. The summed E-state index contributed by atoms with van der Waals surface area (Å²) < 4.78 is 45.2. The summed E-state index contributed by atoms with van der Waals surface area (Å²) in [6.45, 7) is 5.30. The minimum absolute atomic E-state index is 0.0171. The normalized spacial score (nSPS) is 17.4. The minimum Gasteiger partial charge on any atom is -0.394 e. The topological polar surface area (TPSA) is 123 Å². The molecule has 10 nitrogen and oxygen atoms in total. The first-order valence-corrected chi connectivity index (χ1v) is 15.5. The Hall–Kier alpha value is -4.80. The lowest BCUT2D eigenvalue weighted by molar-refractivity contribution is -0.138. The molecule has 2 aromatic carbocycles. The number of amides is 1. The van der Waals surface area contributed by atoms with Crippen LogP contribution in [0, 0.1) is 17.2 Å². The van der Waals surface area contributed by atoms with Crippen LogP contribution < -0.4 is 10.2 Å². The number of alkyl halides is 3. The van der Waals surface area contributed by atoms with E-state index in [2.05, 4.69) is 38.4 Å². The molecular formula is C34H35F3N8O2. The first kappa shape index (κ1) is 32.2. The zero-order chi connectivity index (χ0) is 33.5. The number of aliphatic hydroxyl groups is 1. The molecule has 2 atom stereocenters. The van der Waals surface area contributed by atoms with Crippen LogP contribution in [0.2, 0.25) is 0 Å². The highest BCUT2D eigenvalue weighted by molar-refractivity contribution is 6.10. The number of pyridine rings is 1. The third-order valence-electron chi connectivity index (χ3n) is 8.72. The second kappa shape index (κ2) is 12.8. The number of nitrogens with zero attached hydrogens (tertiary/aromatic N) is 7. The van der Waals surface area contributed by atoms with E-state index in [0.29, 0.717) is 51.9 Å². The van der Waals surface area contributed by atoms with Crippen molar-refractivity contribution >= 4 is 17.5 Å². The molecule has 2 N–H and O–H groups in total. The monoisotopic (exact) mass is 644 g/mol. The standard InChI is InChI=1S/C34H35F3N8O2/c1-20-5-4-8-44(15-20)16-23-10-27-28(29(11-23)34(35,36)37)17-45(33(27)47)31-13-24(12-30(41-31)40-21(2)18-46)25-7-6-22(14-38)9-26(25)32-42-39-19-43(32)3/h6-7,9-13,19-21,46H,4-5,8,15-18H2,1-3H3,(H,40,41)/t20-,21-/m0/s1. The second-order valence-electron chi connectivity index (χ2n) is 12.5. The maximum absolute atomic E-state index is 14.5. The van der Waals surface area contributed by atoms with Gasteiger partial charge in [-0.05, 0) is 90.9 Å². The van der Waals surface area contributed by atoms with Crippen LogP contribution in [0.15, 0.2) is 48.8 Å². The van der Waals surface area contributed by atoms with Gasteiger partial charge >= 0.3 is 6.18 Å². The zero-order valence-corrected chi connectivity index (χ0v) is 26.3. The van der Waals surface area contributed by atoms with Gasteiger partial charge in [-0.25, -0.2) is 4.98 Å². The lowest BCUT2D eigenvalue weighted by Crippen LogP contribution is -2.33. The summed E-state index contributed by atoms with van der Waals surface area (Å²) >= 11 is 0. The molecule has 6 rings (SSSR count). The van der Waals surface area contributed by atoms with Gasteiger partial charge in [-0.1, -0.05) is 13.0 Å². The molecule has 0 bridgehead atoms. The Morgan fingerprint density at radius 1 is 1.15 bits per heavy atom. The molecule has 1 fully saturated rings. The highest BCUT2D eigenvalue weighted by Crippen LogP contribution is 2.41. The van der Waals surface area contributed by atoms with E-state index in [1.165, 1.54) is 17.3 Å². The average Bonchev–Trinajstić information content (AvgIpc) is 3.62. The highest BCUT2D eigenvalue weighted by Gasteiger charge is 2.41. The number of aryl methyl sites for hydroxylation is 1. The Labute approximate surface area is 270 Å². The van der Waals surface area contributed by atoms with Crippen LogP contribution in [0.25, 0.3) is 22.5 Å². The molecule has 0 radical (unpaired) electrons. The van der Waals surface area contributed by atoms with Crippen LogP contribution in [-0.4, -0.2) is 61.4 Å². The SMILES string of the molecule is C[C@H]1CCCN(Cc2cc3c(c(C(F)(F)F)c2)CN(c2cc(-c4ccc(C#N)cc4-c4nncn4C)cc(N[C@@H](C)CO)n2)C3=O)C1. The van der Waals surface area contributed by atoms with E-state index >= 15 is 0 Å². The highest BCUT2D eigenvalue weighted by atomic mass is 19.4. The van der Waals surface area contributed by atoms with Gasteiger partial charge in [0.05, 0.1) is 30.3 Å². The lowest BCUT2D eigenvalue weighted by Gasteiger charge is -2.31. The Kier molecular flexibility index (Phi) is 8.74. The fourth-order valence-electron chi connectivity index (χ4n) is 6.45. The van der Waals surface area contributed by atoms with Crippen molar-refractivity contribution in [2.45, 2.75) is 52.0 Å². The summed E-state index contributed by atoms with van der Waals surface area (Å²) in [6, 6.07) is 12.9. The quantitative estimate of drug-likeness (QED) is 0.254. The minimum atomic E-state index is -4.66. The predicted octanol–water partition coefficient (Wildman–Crippen LogP) is 5.62. The molecular weight excluding hydrogens is 609 g/mol. The predicted molar refractivity (Wildman–Crippen MR) is 170 cm³/mol. The number of aromatic nitrogens is 4. The number of hydrogen-bond donors (Lipinski definition) is 2. The third kappa shape index (κ3) is 6.57. The van der Waals surface area contributed by atoms with E-state index < -0.39 is 23.7 Å². The molecule has 0 saturated carbocycles. The molecule has 4 heterocycles. The molecule has 2 aliphatic rings. The van der Waals surface area contributed by atoms with Crippen LogP contribution in [0.3, 0.4) is 0 Å². The van der Waals surface area contributed by atoms with E-state index in [-0.39, 0.29) is 30.1 Å². The fraction of sp³-hybridized carbons (Fsp3) is 0.382. The Balaban J connectivity index is 1.44. The molecule has 13 heteroatoms. The van der Waals surface area contributed by atoms with Gasteiger partial charge in [-0.2, -0.15) is 18.4 Å². The summed E-state index contributed by atoms with van der Waals surface area (Å²) in [4.78, 5) is 22.0. The number of aliphatic hydroxyl groups excluding tert-OH is 1. The smallest absolute Gasteiger partial charge is 0.394 e. The molecule has 47 heavy (non-hydrogen) atoms. The van der Waals surface area contributed by atoms with Crippen molar-refractivity contribution in [2.24, 2.45) is 13.0 Å². The van der Waals surface area contributed by atoms with Crippen LogP contribution in [0.4, 0.5) is 24.8 Å². The number of halogens is 3. The number of nitriles is 1. The molecule has 1 saturated heterocycles. The number of anilines is 2. The van der Waals surface area contributed by atoms with Gasteiger partial charge in [-0.15, -0.1) is 10.2 Å². The molecule has 1 amide bonds. The van der Waals surface area contributed by atoms with E-state index in [1.807, 2.05) is 0 Å². The average molecular weight is 645 g/mol. The van der Waals surface area contributed by atoms with Crippen molar-refractivity contribution in [1.29, 1.82) is 5.26 Å². The number of piperidine rings is 1. The number of hydrogen-bond acceptors (Lipinski definition) is 8. The van der Waals surface area contributed by atoms with Gasteiger partial charge in [0.15, 0.2) is 5.82 Å². The molecule has 244 valence electrons. The van der Waals surface area contributed by atoms with Gasteiger partial charge in [-0.3, -0.25) is 14.6 Å². The van der Waals surface area contributed by atoms with Crippen LogP contribution >= 0.6 is 0 Å². The summed E-state index contributed by atoms with van der Waals surface area (Å²) in [7, 11) is 1.77. The number of rotatable bonds is 8. The first-order valence-electron chi connectivity index (χ1n) is 15.5. The van der Waals surface area contributed by atoms with Gasteiger partial charge in [0, 0.05) is 37.3 Å². The lowest BCUT2D eigenvalue weighted by atomic mass is 9.96. The van der Waals surface area contributed by atoms with Gasteiger partial charge in [0.1, 0.15) is 18.0 Å². The van der Waals surface area contributed by atoms with Crippen LogP contribution in [0.1, 0.15) is 59.3 Å². The largest absolute Gasteiger partial charge is 0.416 e. The molecule has 0 aliphatic carbocycles. The fourth-order valence-corrected chi connectivity index (χ4v) is 6.45. The van der Waals surface area contributed by atoms with Crippen molar-refractivity contribution in [3.05, 3.63) is 76.6 Å². The van der Waals surface area contributed by atoms with Gasteiger partial charge < -0.3 is 15.0 Å². The Morgan fingerprint density at radius 2 is 1.96 bits per heavy atom. The zero-order valence-electron chi connectivity index (χ0n) is 26.3. The van der Waals surface area contributed by atoms with Crippen LogP contribution in [-0.2, 0) is 26.3 Å². The van der Waals surface area contributed by atoms with Gasteiger partial charge in [0.25, 0.3) is 5.91 Å². The molecule has 4 aromatic rings. The Bertz CT molecular complexity index is 1870. The van der Waals surface area contributed by atoms with Crippen molar-refractivity contribution in [3.8, 4) is 28.6 Å². The molecule has 2 aliphatic heterocycles. The summed E-state index contributed by atoms with van der Waals surface area (Å²) in [5.41, 5.74) is 1.78. The van der Waals surface area contributed by atoms with E-state index in [1.54, 1.807) is 54.9 Å². The first-order chi connectivity index (χ1) is 22.4. The molecule has 0 unspecified atom stereocenters. The maximum atomic E-state index is 14.5. The van der Waals surface area contributed by atoms with E-state index in [9.17, 15) is 28.3 Å². The Morgan fingerprint density at radius 3 is 2.64 bits per heavy atom. The van der Waals surface area contributed by atoms with Crippen molar-refractivity contribution < 1.29 is 23.1 Å². The molecule has 0 spiro atoms. The molecule has 2 aromatic heterocycles. The van der Waals surface area contributed by atoms with Crippen molar-refractivity contribution in [3.63, 3.8) is 0 Å². The number of benzene rings is 2. The summed E-state index contributed by atoms with van der Waals surface area (Å²) in [5, 5.41) is 30.6. The van der Waals surface area contributed by atoms with Crippen LogP contribution in [0.5, 0.6) is 0 Å². The van der Waals surface area contributed by atoms with Gasteiger partial charge in [0.2, 0.25) is 0 Å². The second-order valence-corrected chi connectivity index (χ2v) is 12.5. The number of carbonyl (C=O) groups is 1. The van der Waals surface area contributed by atoms with Crippen molar-refractivity contribution in [2.75, 3.05) is 29.9 Å². The maximum Gasteiger partial charge on any atom is 0.416 e. The summed E-state index contributed by atoms with van der Waals surface area (Å²) in [5.74, 6) is 0.830. The number of fused-ring (bicyclic) bond motifs is 1. The van der Waals surface area contributed by atoms with E-state index in [4.69, 9.17) is 0 Å². The van der Waals surface area contributed by atoms with E-state index in [0.717, 1.165) is 25.9 Å².